The standard InChI is InChI=1S/C20H18ClNO3.ClH/c1-24-20(23)15-8-6-14(7-9-15)19-11-10-17(25-19)13-22-12-16-4-2-3-5-18(16)21;/h2-11,22H,12-13H2,1H3;1H. The molecule has 0 atom stereocenters. The molecule has 0 aliphatic rings. The van der Waals surface area contributed by atoms with Crippen molar-refractivity contribution < 1.29 is 13.9 Å². The molecule has 26 heavy (non-hydrogen) atoms. The number of carbonyl (C=O) groups is 1. The highest BCUT2D eigenvalue weighted by Gasteiger charge is 2.08. The number of rotatable bonds is 6. The quantitative estimate of drug-likeness (QED) is 0.593. The summed E-state index contributed by atoms with van der Waals surface area (Å²) in [6.07, 6.45) is 0. The lowest BCUT2D eigenvalue weighted by atomic mass is 10.1. The maximum Gasteiger partial charge on any atom is 0.337 e. The van der Waals surface area contributed by atoms with Crippen LogP contribution >= 0.6 is 24.0 Å². The molecule has 2 aromatic carbocycles. The van der Waals surface area contributed by atoms with Gasteiger partial charge in [-0.2, -0.15) is 0 Å². The molecule has 3 aromatic rings. The van der Waals surface area contributed by atoms with Gasteiger partial charge in [-0.3, -0.25) is 0 Å². The SMILES string of the molecule is COC(=O)c1ccc(-c2ccc(CNCc3ccccc3Cl)o2)cc1.Cl. The lowest BCUT2D eigenvalue weighted by Gasteiger charge is -2.05. The van der Waals surface area contributed by atoms with E-state index < -0.39 is 0 Å². The van der Waals surface area contributed by atoms with Gasteiger partial charge in [-0.05, 0) is 35.9 Å². The van der Waals surface area contributed by atoms with Crippen molar-refractivity contribution in [3.05, 3.63) is 82.6 Å². The summed E-state index contributed by atoms with van der Waals surface area (Å²) in [4.78, 5) is 11.5. The molecule has 3 rings (SSSR count). The number of benzene rings is 2. The van der Waals surface area contributed by atoms with Crippen molar-refractivity contribution in [3.63, 3.8) is 0 Å². The minimum Gasteiger partial charge on any atom is -0.465 e. The number of methoxy groups -OCH3 is 1. The molecule has 0 saturated carbocycles. The molecule has 0 saturated heterocycles. The molecule has 1 heterocycles. The summed E-state index contributed by atoms with van der Waals surface area (Å²) < 4.78 is 10.5. The maximum atomic E-state index is 11.5. The summed E-state index contributed by atoms with van der Waals surface area (Å²) in [6, 6.07) is 18.7. The molecule has 0 fully saturated rings. The first-order valence-corrected chi connectivity index (χ1v) is 8.27. The monoisotopic (exact) mass is 391 g/mol. The second-order valence-electron chi connectivity index (χ2n) is 5.53. The van der Waals surface area contributed by atoms with Crippen LogP contribution in [0, 0.1) is 0 Å². The van der Waals surface area contributed by atoms with Gasteiger partial charge in [0.25, 0.3) is 0 Å². The highest BCUT2D eigenvalue weighted by Crippen LogP contribution is 2.23. The summed E-state index contributed by atoms with van der Waals surface area (Å²) in [5, 5.41) is 4.07. The van der Waals surface area contributed by atoms with Gasteiger partial charge in [0.05, 0.1) is 19.2 Å². The van der Waals surface area contributed by atoms with Gasteiger partial charge in [0.15, 0.2) is 0 Å². The number of esters is 1. The van der Waals surface area contributed by atoms with E-state index in [0.717, 1.165) is 27.7 Å². The number of ether oxygens (including phenoxy) is 1. The Labute approximate surface area is 163 Å². The van der Waals surface area contributed by atoms with Gasteiger partial charge >= 0.3 is 5.97 Å². The Bertz CT molecular complexity index is 860. The fraction of sp³-hybridized carbons (Fsp3) is 0.150. The van der Waals surface area contributed by atoms with E-state index in [0.29, 0.717) is 18.7 Å². The van der Waals surface area contributed by atoms with Gasteiger partial charge in [0.2, 0.25) is 0 Å². The van der Waals surface area contributed by atoms with Crippen molar-refractivity contribution in [2.75, 3.05) is 7.11 Å². The van der Waals surface area contributed by atoms with E-state index in [9.17, 15) is 4.79 Å². The topological polar surface area (TPSA) is 51.5 Å². The molecule has 0 aliphatic carbocycles. The predicted octanol–water partition coefficient (Wildman–Crippen LogP) is 5.10. The Morgan fingerprint density at radius 1 is 1.04 bits per heavy atom. The number of furan rings is 1. The molecular weight excluding hydrogens is 373 g/mol. The van der Waals surface area contributed by atoms with Crippen molar-refractivity contribution in [2.24, 2.45) is 0 Å². The van der Waals surface area contributed by atoms with Crippen LogP contribution < -0.4 is 5.32 Å². The zero-order valence-corrected chi connectivity index (χ0v) is 15.8. The summed E-state index contributed by atoms with van der Waals surface area (Å²) in [6.45, 7) is 1.27. The Kier molecular flexibility index (Phi) is 7.27. The van der Waals surface area contributed by atoms with E-state index in [1.165, 1.54) is 7.11 Å². The van der Waals surface area contributed by atoms with E-state index in [1.807, 2.05) is 48.5 Å². The third-order valence-corrected chi connectivity index (χ3v) is 4.19. The van der Waals surface area contributed by atoms with Crippen LogP contribution in [0.3, 0.4) is 0 Å². The summed E-state index contributed by atoms with van der Waals surface area (Å²) in [5.41, 5.74) is 2.47. The Morgan fingerprint density at radius 3 is 2.46 bits per heavy atom. The first kappa shape index (κ1) is 20.0. The van der Waals surface area contributed by atoms with Crippen LogP contribution in [0.4, 0.5) is 0 Å². The van der Waals surface area contributed by atoms with E-state index in [4.69, 9.17) is 20.8 Å². The number of hydrogen-bond acceptors (Lipinski definition) is 4. The van der Waals surface area contributed by atoms with Crippen molar-refractivity contribution in [3.8, 4) is 11.3 Å². The fourth-order valence-electron chi connectivity index (χ4n) is 2.48. The van der Waals surface area contributed by atoms with Crippen LogP contribution in [-0.2, 0) is 17.8 Å². The Morgan fingerprint density at radius 2 is 1.77 bits per heavy atom. The number of halogens is 2. The first-order valence-electron chi connectivity index (χ1n) is 7.89. The smallest absolute Gasteiger partial charge is 0.337 e. The average molecular weight is 392 g/mol. The van der Waals surface area contributed by atoms with E-state index in [2.05, 4.69) is 5.32 Å². The maximum absolute atomic E-state index is 11.5. The van der Waals surface area contributed by atoms with Gasteiger partial charge in [0.1, 0.15) is 11.5 Å². The van der Waals surface area contributed by atoms with Crippen molar-refractivity contribution in [1.82, 2.24) is 5.32 Å². The van der Waals surface area contributed by atoms with E-state index in [-0.39, 0.29) is 18.4 Å². The number of hydrogen-bond donors (Lipinski definition) is 1. The molecule has 4 nitrogen and oxygen atoms in total. The van der Waals surface area contributed by atoms with Crippen molar-refractivity contribution in [1.29, 1.82) is 0 Å². The first-order chi connectivity index (χ1) is 12.2. The van der Waals surface area contributed by atoms with Gasteiger partial charge in [-0.15, -0.1) is 12.4 Å². The molecular formula is C20H19Cl2NO3. The number of nitrogens with one attached hydrogen (secondary N) is 1. The minimum atomic E-state index is -0.351. The zero-order valence-electron chi connectivity index (χ0n) is 14.2. The Balaban J connectivity index is 0.00000243. The second kappa shape index (κ2) is 9.43. The minimum absolute atomic E-state index is 0. The third kappa shape index (κ3) is 4.88. The fourth-order valence-corrected chi connectivity index (χ4v) is 2.68. The highest BCUT2D eigenvalue weighted by atomic mass is 35.5. The number of carbonyl (C=O) groups excluding carboxylic acids is 1. The van der Waals surface area contributed by atoms with Crippen molar-refractivity contribution in [2.45, 2.75) is 13.1 Å². The molecule has 0 bridgehead atoms. The molecule has 0 amide bonds. The predicted molar refractivity (Wildman–Crippen MR) is 105 cm³/mol. The molecule has 1 aromatic heterocycles. The zero-order chi connectivity index (χ0) is 17.6. The average Bonchev–Trinajstić information content (AvgIpc) is 3.12. The second-order valence-corrected chi connectivity index (χ2v) is 5.94. The van der Waals surface area contributed by atoms with Crippen LogP contribution in [0.2, 0.25) is 5.02 Å². The van der Waals surface area contributed by atoms with Crippen molar-refractivity contribution >= 4 is 30.0 Å². The lowest BCUT2D eigenvalue weighted by Crippen LogP contribution is -2.12. The molecule has 0 aliphatic heterocycles. The largest absolute Gasteiger partial charge is 0.465 e. The summed E-state index contributed by atoms with van der Waals surface area (Å²) in [7, 11) is 1.37. The Hall–Kier alpha value is -2.27. The van der Waals surface area contributed by atoms with E-state index in [1.54, 1.807) is 12.1 Å². The molecule has 0 radical (unpaired) electrons. The lowest BCUT2D eigenvalue weighted by molar-refractivity contribution is 0.0600. The van der Waals surface area contributed by atoms with E-state index >= 15 is 0 Å². The van der Waals surface area contributed by atoms with Crippen LogP contribution in [0.5, 0.6) is 0 Å². The van der Waals surface area contributed by atoms with Gasteiger partial charge in [-0.25, -0.2) is 4.79 Å². The molecule has 136 valence electrons. The van der Waals surface area contributed by atoms with Crippen LogP contribution in [0.15, 0.2) is 65.1 Å². The molecule has 0 unspecified atom stereocenters. The normalized spacial score (nSPS) is 10.2. The molecule has 0 spiro atoms. The van der Waals surface area contributed by atoms with Crippen LogP contribution in [-0.4, -0.2) is 13.1 Å². The summed E-state index contributed by atoms with van der Waals surface area (Å²) in [5.74, 6) is 1.24. The summed E-state index contributed by atoms with van der Waals surface area (Å²) >= 11 is 6.14. The van der Waals surface area contributed by atoms with Gasteiger partial charge in [-0.1, -0.05) is 41.9 Å². The van der Waals surface area contributed by atoms with Crippen LogP contribution in [0.1, 0.15) is 21.7 Å². The van der Waals surface area contributed by atoms with Gasteiger partial charge in [0, 0.05) is 17.1 Å². The molecule has 1 N–H and O–H groups in total. The van der Waals surface area contributed by atoms with Crippen LogP contribution in [0.25, 0.3) is 11.3 Å². The van der Waals surface area contributed by atoms with Gasteiger partial charge < -0.3 is 14.5 Å². The molecule has 6 heteroatoms. The highest BCUT2D eigenvalue weighted by molar-refractivity contribution is 6.31. The third-order valence-electron chi connectivity index (χ3n) is 3.82.